The fourth-order valence-corrected chi connectivity index (χ4v) is 1.57. The van der Waals surface area contributed by atoms with Crippen molar-refractivity contribution in [2.75, 3.05) is 11.9 Å². The number of aromatic nitrogens is 3. The van der Waals surface area contributed by atoms with Crippen LogP contribution in [-0.2, 0) is 13.1 Å². The van der Waals surface area contributed by atoms with Gasteiger partial charge in [0.2, 0.25) is 0 Å². The maximum absolute atomic E-state index is 11.7. The molecule has 0 fully saturated rings. The number of nitrogens with zero attached hydrogens (tertiary/aromatic N) is 3. The molecule has 0 radical (unpaired) electrons. The van der Waals surface area contributed by atoms with Crippen LogP contribution >= 0.6 is 11.6 Å². The number of aliphatic hydroxyl groups excluding tert-OH is 1. The highest BCUT2D eigenvalue weighted by atomic mass is 35.5. The Bertz CT molecular complexity index is 567. The Balaban J connectivity index is 2.14. The van der Waals surface area contributed by atoms with Crippen molar-refractivity contribution in [3.63, 3.8) is 0 Å². The SMILES string of the molecule is O=c1c(Cl)c(NCc2ccno2)cnn1CCO. The summed E-state index contributed by atoms with van der Waals surface area (Å²) in [5.74, 6) is 0.616. The van der Waals surface area contributed by atoms with Gasteiger partial charge in [-0.25, -0.2) is 4.68 Å². The maximum Gasteiger partial charge on any atom is 0.287 e. The lowest BCUT2D eigenvalue weighted by Crippen LogP contribution is -2.25. The fourth-order valence-electron chi connectivity index (χ4n) is 1.36. The van der Waals surface area contributed by atoms with Crippen LogP contribution in [0.15, 0.2) is 27.8 Å². The average molecular weight is 271 g/mol. The Morgan fingerprint density at radius 3 is 3.06 bits per heavy atom. The van der Waals surface area contributed by atoms with Gasteiger partial charge < -0.3 is 14.9 Å². The topological polar surface area (TPSA) is 93.2 Å². The van der Waals surface area contributed by atoms with Gasteiger partial charge in [0.15, 0.2) is 5.76 Å². The van der Waals surface area contributed by atoms with Crippen molar-refractivity contribution in [2.45, 2.75) is 13.1 Å². The fraction of sp³-hybridized carbons (Fsp3) is 0.300. The van der Waals surface area contributed by atoms with Crippen LogP contribution < -0.4 is 10.9 Å². The van der Waals surface area contributed by atoms with Crippen molar-refractivity contribution in [3.8, 4) is 0 Å². The molecule has 7 nitrogen and oxygen atoms in total. The first-order valence-electron chi connectivity index (χ1n) is 5.22. The third-order valence-electron chi connectivity index (χ3n) is 2.24. The van der Waals surface area contributed by atoms with Crippen LogP contribution in [0, 0.1) is 0 Å². The van der Waals surface area contributed by atoms with Crippen molar-refractivity contribution < 1.29 is 9.63 Å². The molecular weight excluding hydrogens is 260 g/mol. The summed E-state index contributed by atoms with van der Waals surface area (Å²) in [5.41, 5.74) is -0.0412. The second kappa shape index (κ2) is 5.65. The lowest BCUT2D eigenvalue weighted by Gasteiger charge is -2.08. The van der Waals surface area contributed by atoms with Crippen LogP contribution in [0.4, 0.5) is 5.69 Å². The minimum absolute atomic E-state index is 0.0259. The van der Waals surface area contributed by atoms with E-state index in [1.54, 1.807) is 6.07 Å². The van der Waals surface area contributed by atoms with Crippen molar-refractivity contribution in [3.05, 3.63) is 39.6 Å². The molecule has 0 saturated heterocycles. The van der Waals surface area contributed by atoms with E-state index in [0.29, 0.717) is 18.0 Å². The summed E-state index contributed by atoms with van der Waals surface area (Å²) in [6, 6.07) is 1.70. The first kappa shape index (κ1) is 12.6. The molecular formula is C10H11ClN4O3. The van der Waals surface area contributed by atoms with Gasteiger partial charge in [0.1, 0.15) is 5.02 Å². The molecule has 0 spiro atoms. The highest BCUT2D eigenvalue weighted by Gasteiger charge is 2.09. The minimum atomic E-state index is -0.451. The Morgan fingerprint density at radius 1 is 1.56 bits per heavy atom. The van der Waals surface area contributed by atoms with E-state index >= 15 is 0 Å². The molecule has 0 unspecified atom stereocenters. The van der Waals surface area contributed by atoms with Gasteiger partial charge in [-0.15, -0.1) is 0 Å². The van der Waals surface area contributed by atoms with Gasteiger partial charge in [-0.2, -0.15) is 5.10 Å². The molecule has 0 bridgehead atoms. The molecule has 2 rings (SSSR count). The van der Waals surface area contributed by atoms with Crippen LogP contribution in [0.2, 0.25) is 5.02 Å². The van der Waals surface area contributed by atoms with Crippen LogP contribution in [0.5, 0.6) is 0 Å². The summed E-state index contributed by atoms with van der Waals surface area (Å²) in [6.07, 6.45) is 2.95. The number of anilines is 1. The number of hydrogen-bond donors (Lipinski definition) is 2. The summed E-state index contributed by atoms with van der Waals surface area (Å²) in [6.45, 7) is 0.292. The molecule has 2 aromatic rings. The predicted octanol–water partition coefficient (Wildman–Crippen LogP) is 0.489. The summed E-state index contributed by atoms with van der Waals surface area (Å²) < 4.78 is 5.99. The van der Waals surface area contributed by atoms with Gasteiger partial charge in [0.25, 0.3) is 5.56 Å². The summed E-state index contributed by atoms with van der Waals surface area (Å²) in [7, 11) is 0. The van der Waals surface area contributed by atoms with Crippen molar-refractivity contribution in [2.24, 2.45) is 0 Å². The van der Waals surface area contributed by atoms with Crippen LogP contribution in [0.1, 0.15) is 5.76 Å². The highest BCUT2D eigenvalue weighted by molar-refractivity contribution is 6.32. The third kappa shape index (κ3) is 2.69. The summed E-state index contributed by atoms with van der Waals surface area (Å²) in [5, 5.41) is 19.1. The van der Waals surface area contributed by atoms with E-state index < -0.39 is 5.56 Å². The number of aliphatic hydroxyl groups is 1. The van der Waals surface area contributed by atoms with Crippen LogP contribution in [0.3, 0.4) is 0 Å². The molecule has 8 heteroatoms. The minimum Gasteiger partial charge on any atom is -0.394 e. The van der Waals surface area contributed by atoms with E-state index in [9.17, 15) is 4.79 Å². The largest absolute Gasteiger partial charge is 0.394 e. The molecule has 0 aliphatic heterocycles. The molecule has 0 aliphatic carbocycles. The second-order valence-electron chi connectivity index (χ2n) is 3.46. The molecule has 0 saturated carbocycles. The normalized spacial score (nSPS) is 10.6. The lowest BCUT2D eigenvalue weighted by molar-refractivity contribution is 0.266. The molecule has 0 atom stereocenters. The molecule has 0 amide bonds. The zero-order chi connectivity index (χ0) is 13.0. The van der Waals surface area contributed by atoms with E-state index in [2.05, 4.69) is 15.6 Å². The Hall–Kier alpha value is -1.86. The molecule has 2 aromatic heterocycles. The zero-order valence-electron chi connectivity index (χ0n) is 9.34. The van der Waals surface area contributed by atoms with Gasteiger partial charge in [-0.1, -0.05) is 16.8 Å². The summed E-state index contributed by atoms with van der Waals surface area (Å²) in [4.78, 5) is 11.7. The maximum atomic E-state index is 11.7. The third-order valence-corrected chi connectivity index (χ3v) is 2.61. The molecule has 18 heavy (non-hydrogen) atoms. The lowest BCUT2D eigenvalue weighted by atomic mass is 10.4. The molecule has 0 aromatic carbocycles. The standard InChI is InChI=1S/C10H11ClN4O3/c11-9-8(12-5-7-1-2-14-18-7)6-13-15(3-4-16)10(9)17/h1-2,6,12,16H,3-5H2. The van der Waals surface area contributed by atoms with Crippen LogP contribution in [0.25, 0.3) is 0 Å². The highest BCUT2D eigenvalue weighted by Crippen LogP contribution is 2.16. The average Bonchev–Trinajstić information content (AvgIpc) is 2.87. The predicted molar refractivity (Wildman–Crippen MR) is 64.4 cm³/mol. The first-order chi connectivity index (χ1) is 8.72. The number of nitrogens with one attached hydrogen (secondary N) is 1. The Morgan fingerprint density at radius 2 is 2.39 bits per heavy atom. The van der Waals surface area contributed by atoms with E-state index in [-0.39, 0.29) is 18.2 Å². The van der Waals surface area contributed by atoms with Crippen molar-refractivity contribution >= 4 is 17.3 Å². The van der Waals surface area contributed by atoms with Crippen molar-refractivity contribution in [1.29, 1.82) is 0 Å². The van der Waals surface area contributed by atoms with E-state index in [0.717, 1.165) is 4.68 Å². The zero-order valence-corrected chi connectivity index (χ0v) is 10.1. The number of halogens is 1. The number of hydrogen-bond acceptors (Lipinski definition) is 6. The molecule has 96 valence electrons. The molecule has 2 heterocycles. The van der Waals surface area contributed by atoms with E-state index in [1.165, 1.54) is 12.4 Å². The Kier molecular flexibility index (Phi) is 3.96. The van der Waals surface area contributed by atoms with Gasteiger partial charge in [0, 0.05) is 6.07 Å². The van der Waals surface area contributed by atoms with Crippen molar-refractivity contribution in [1.82, 2.24) is 14.9 Å². The number of rotatable bonds is 5. The smallest absolute Gasteiger partial charge is 0.287 e. The van der Waals surface area contributed by atoms with E-state index in [4.69, 9.17) is 21.2 Å². The monoisotopic (exact) mass is 270 g/mol. The second-order valence-corrected chi connectivity index (χ2v) is 3.83. The first-order valence-corrected chi connectivity index (χ1v) is 5.60. The van der Waals surface area contributed by atoms with Crippen LogP contribution in [-0.4, -0.2) is 26.7 Å². The molecule has 0 aliphatic rings. The van der Waals surface area contributed by atoms with Gasteiger partial charge >= 0.3 is 0 Å². The van der Waals surface area contributed by atoms with Gasteiger partial charge in [-0.05, 0) is 0 Å². The van der Waals surface area contributed by atoms with E-state index in [1.807, 2.05) is 0 Å². The quantitative estimate of drug-likeness (QED) is 0.821. The Labute approximate surface area is 107 Å². The summed E-state index contributed by atoms with van der Waals surface area (Å²) >= 11 is 5.91. The van der Waals surface area contributed by atoms with Gasteiger partial charge in [0.05, 0.1) is 37.8 Å². The van der Waals surface area contributed by atoms with Gasteiger partial charge in [-0.3, -0.25) is 4.79 Å². The molecule has 2 N–H and O–H groups in total.